The molecule has 244 valence electrons. The van der Waals surface area contributed by atoms with E-state index in [0.717, 1.165) is 69.3 Å². The van der Waals surface area contributed by atoms with E-state index in [1.54, 1.807) is 0 Å². The fourth-order valence-corrected chi connectivity index (χ4v) is 10.5. The maximum absolute atomic E-state index is 4.93. The molecule has 0 aromatic heterocycles. The summed E-state index contributed by atoms with van der Waals surface area (Å²) in [4.78, 5) is 1.56. The van der Waals surface area contributed by atoms with E-state index in [2.05, 4.69) is 138 Å². The molecule has 0 N–H and O–H groups in total. The van der Waals surface area contributed by atoms with Gasteiger partial charge in [0.2, 0.25) is 0 Å². The average molecular weight is 960 g/mol. The van der Waals surface area contributed by atoms with Crippen LogP contribution in [0.5, 0.6) is 0 Å². The minimum absolute atomic E-state index is 0. The van der Waals surface area contributed by atoms with Crippen LogP contribution in [0.15, 0.2) is 20.6 Å². The molecule has 0 aliphatic heterocycles. The van der Waals surface area contributed by atoms with Crippen molar-refractivity contribution in [3.63, 3.8) is 0 Å². The number of alkyl halides is 2. The summed E-state index contributed by atoms with van der Waals surface area (Å²) in [5.74, 6) is 8.34. The van der Waals surface area contributed by atoms with Gasteiger partial charge in [0.05, 0.1) is 0 Å². The predicted octanol–water partition coefficient (Wildman–Crippen LogP) is 14.7. The van der Waals surface area contributed by atoms with Crippen LogP contribution < -0.4 is 0 Å². The summed E-state index contributed by atoms with van der Waals surface area (Å²) in [6.07, 6.45) is 7.57. The molecule has 42 heavy (non-hydrogen) atoms. The summed E-state index contributed by atoms with van der Waals surface area (Å²) in [5.41, 5.74) is 5.48. The molecule has 6 unspecified atom stereocenters. The van der Waals surface area contributed by atoms with Gasteiger partial charge in [-0.2, -0.15) is 0 Å². The third kappa shape index (κ3) is 11.8. The van der Waals surface area contributed by atoms with Crippen molar-refractivity contribution < 1.29 is 20.8 Å². The summed E-state index contributed by atoms with van der Waals surface area (Å²) in [7, 11) is 9.87. The van der Waals surface area contributed by atoms with E-state index in [1.807, 2.05) is 13.8 Å². The summed E-state index contributed by atoms with van der Waals surface area (Å²) < 4.78 is 2.47. The van der Waals surface area contributed by atoms with Crippen LogP contribution in [0.4, 0.5) is 0 Å². The summed E-state index contributed by atoms with van der Waals surface area (Å²) in [5, 5.41) is 0. The molecule has 0 nitrogen and oxygen atoms in total. The number of fused-ring (bicyclic) bond motifs is 2. The summed E-state index contributed by atoms with van der Waals surface area (Å²) >= 11 is 14.2. The van der Waals surface area contributed by atoms with Crippen molar-refractivity contribution in [3.8, 4) is 0 Å². The Morgan fingerprint density at radius 1 is 0.762 bits per heavy atom. The van der Waals surface area contributed by atoms with E-state index in [0.29, 0.717) is 0 Å². The van der Waals surface area contributed by atoms with Crippen molar-refractivity contribution in [2.75, 3.05) is 0 Å². The third-order valence-corrected chi connectivity index (χ3v) is 14.8. The van der Waals surface area contributed by atoms with Crippen LogP contribution in [0.3, 0.4) is 0 Å². The molecule has 0 radical (unpaired) electrons. The molecule has 1 aromatic carbocycles. The normalized spacial score (nSPS) is 35.5. The van der Waals surface area contributed by atoms with Crippen molar-refractivity contribution >= 4 is 86.8 Å². The van der Waals surface area contributed by atoms with Crippen molar-refractivity contribution in [1.82, 2.24) is 0 Å². The topological polar surface area (TPSA) is 0 Å². The first-order valence-corrected chi connectivity index (χ1v) is 25.3. The maximum atomic E-state index is 4.93. The van der Waals surface area contributed by atoms with Gasteiger partial charge in [0, 0.05) is 18.6 Å². The molecule has 0 spiro atoms. The Hall–Kier alpha value is 2.34. The van der Waals surface area contributed by atoms with Gasteiger partial charge in [-0.1, -0.05) is 122 Å². The SMILES string of the molecule is CC.CC1=Cc2c(Br)c(C)cc(Br)c2C1.CC1C(C)C(C)C(C)C1C.CC1CC2C(Br)CC(C)C(Br)C2C1.[CH3-].[Cl][Zr][Cl]. The van der Waals surface area contributed by atoms with Crippen molar-refractivity contribution in [1.29, 1.82) is 0 Å². The fourth-order valence-electron chi connectivity index (χ4n) is 7.35. The molecule has 7 heteroatoms. The van der Waals surface area contributed by atoms with Gasteiger partial charge in [0.15, 0.2) is 0 Å². The van der Waals surface area contributed by atoms with Gasteiger partial charge in [-0.25, -0.2) is 0 Å². The van der Waals surface area contributed by atoms with Crippen molar-refractivity contribution in [3.05, 3.63) is 44.7 Å². The van der Waals surface area contributed by atoms with E-state index >= 15 is 0 Å². The minimum atomic E-state index is -0.826. The standard InChI is InChI=1S/C11H18Br2.C11H10Br2.C10H20.C2H6.CH3.2ClH.Zr/c2*1-6-3-8-9(4-6)11(13)7(2)5-10(8)12;1-6-7(2)9(4)10(5)8(6)3;1-2;;;;/h6-11H,3-5H2,1-2H3;4-5H,3H2,1-2H3;6-10H,1-5H3;1-2H3;1H3;2*1H;/q;;;;-1;;;+2/p-2. The van der Waals surface area contributed by atoms with Gasteiger partial charge in [-0.15, -0.1) is 0 Å². The first kappa shape index (κ1) is 44.3. The molecule has 4 aliphatic rings. The van der Waals surface area contributed by atoms with Gasteiger partial charge in [0.25, 0.3) is 0 Å². The third-order valence-electron chi connectivity index (χ3n) is 10.4. The summed E-state index contributed by atoms with van der Waals surface area (Å²) in [6, 6.07) is 2.18. The summed E-state index contributed by atoms with van der Waals surface area (Å²) in [6.45, 7) is 25.1. The number of halogens is 6. The second-order valence-electron chi connectivity index (χ2n) is 13.0. The number of benzene rings is 1. The van der Waals surface area contributed by atoms with E-state index in [4.69, 9.17) is 17.0 Å². The van der Waals surface area contributed by atoms with E-state index in [-0.39, 0.29) is 7.43 Å². The second kappa shape index (κ2) is 21.3. The molecule has 3 fully saturated rings. The van der Waals surface area contributed by atoms with Gasteiger partial charge in [0.1, 0.15) is 0 Å². The molecule has 0 amide bonds. The molecule has 3 saturated carbocycles. The Morgan fingerprint density at radius 2 is 1.19 bits per heavy atom. The van der Waals surface area contributed by atoms with E-state index < -0.39 is 20.8 Å². The number of aryl methyl sites for hydroxylation is 1. The number of allylic oxidation sites excluding steroid dienone is 1. The van der Waals surface area contributed by atoms with Crippen LogP contribution in [0, 0.1) is 67.6 Å². The Labute approximate surface area is 313 Å². The van der Waals surface area contributed by atoms with Crippen molar-refractivity contribution in [2.45, 2.75) is 111 Å². The van der Waals surface area contributed by atoms with Crippen LogP contribution >= 0.6 is 80.7 Å². The Morgan fingerprint density at radius 3 is 1.64 bits per heavy atom. The van der Waals surface area contributed by atoms with E-state index in [1.165, 1.54) is 50.5 Å². The number of hydrogen-bond donors (Lipinski definition) is 0. The monoisotopic (exact) mass is 953 g/mol. The van der Waals surface area contributed by atoms with Gasteiger partial charge < -0.3 is 7.43 Å². The fraction of sp³-hybridized carbons (Fsp3) is 0.743. The van der Waals surface area contributed by atoms with Gasteiger partial charge in [-0.05, 0) is 131 Å². The molecular weight excluding hydrogens is 902 g/mol. The van der Waals surface area contributed by atoms with Crippen LogP contribution in [-0.4, -0.2) is 9.65 Å². The molecule has 0 bridgehead atoms. The Balaban J connectivity index is 0.000000555. The van der Waals surface area contributed by atoms with Crippen LogP contribution in [0.25, 0.3) is 6.08 Å². The molecule has 0 heterocycles. The molecule has 5 rings (SSSR count). The van der Waals surface area contributed by atoms with Gasteiger partial charge >= 0.3 is 37.9 Å². The molecule has 4 aliphatic carbocycles. The molecule has 0 saturated heterocycles. The first-order chi connectivity index (χ1) is 19.2. The molecular formula is C35H57Br4Cl2Zr-. The predicted molar refractivity (Wildman–Crippen MR) is 204 cm³/mol. The van der Waals surface area contributed by atoms with Crippen LogP contribution in [-0.2, 0) is 27.3 Å². The Kier molecular flexibility index (Phi) is 22.5. The van der Waals surface area contributed by atoms with Crippen LogP contribution in [0.2, 0.25) is 0 Å². The second-order valence-corrected chi connectivity index (χ2v) is 20.6. The molecule has 1 aromatic rings. The van der Waals surface area contributed by atoms with Crippen molar-refractivity contribution in [2.24, 2.45) is 53.3 Å². The number of rotatable bonds is 0. The van der Waals surface area contributed by atoms with Crippen LogP contribution in [0.1, 0.15) is 105 Å². The van der Waals surface area contributed by atoms with E-state index in [9.17, 15) is 0 Å². The average Bonchev–Trinajstić information content (AvgIpc) is 3.58. The zero-order valence-corrected chi connectivity index (χ0v) is 38.4. The first-order valence-electron chi connectivity index (χ1n) is 15.5. The van der Waals surface area contributed by atoms with Gasteiger partial charge in [-0.3, -0.25) is 0 Å². The zero-order valence-electron chi connectivity index (χ0n) is 28.1. The Bertz CT molecular complexity index is 926. The number of hydrogen-bond acceptors (Lipinski definition) is 0. The molecule has 6 atom stereocenters. The quantitative estimate of drug-likeness (QED) is 0.180. The zero-order chi connectivity index (χ0) is 31.8.